The van der Waals surface area contributed by atoms with Crippen LogP contribution in [0.4, 0.5) is 0 Å². The number of benzene rings is 1. The first-order valence-corrected chi connectivity index (χ1v) is 7.01. The van der Waals surface area contributed by atoms with E-state index in [-0.39, 0.29) is 5.41 Å². The van der Waals surface area contributed by atoms with E-state index in [2.05, 4.69) is 61.2 Å². The van der Waals surface area contributed by atoms with Gasteiger partial charge in [0.15, 0.2) is 0 Å². The zero-order valence-corrected chi connectivity index (χ0v) is 12.2. The lowest BCUT2D eigenvalue weighted by molar-refractivity contribution is 0.469. The molecule has 0 aliphatic heterocycles. The predicted octanol–water partition coefficient (Wildman–Crippen LogP) is 2.39. The molecule has 1 aromatic heterocycles. The van der Waals surface area contributed by atoms with Gasteiger partial charge in [-0.25, -0.2) is 0 Å². The number of fused-ring (bicyclic) bond motifs is 1. The van der Waals surface area contributed by atoms with Crippen LogP contribution < -0.4 is 11.1 Å². The minimum absolute atomic E-state index is 0.120. The van der Waals surface area contributed by atoms with Crippen LogP contribution in [0.5, 0.6) is 0 Å². The van der Waals surface area contributed by atoms with E-state index in [1.54, 1.807) is 0 Å². The number of hydrogen-bond acceptors (Lipinski definition) is 2. The van der Waals surface area contributed by atoms with E-state index < -0.39 is 0 Å². The third-order valence-corrected chi connectivity index (χ3v) is 3.75. The van der Waals surface area contributed by atoms with Gasteiger partial charge in [0.05, 0.1) is 0 Å². The number of nitrogens with one attached hydrogen (secondary N) is 1. The molecule has 1 aromatic carbocycles. The fraction of sp³-hybridized carbons (Fsp3) is 0.500. The average Bonchev–Trinajstić information content (AvgIpc) is 2.74. The minimum atomic E-state index is 0.120. The third kappa shape index (κ3) is 2.99. The molecule has 3 nitrogen and oxygen atoms in total. The number of aromatic nitrogens is 1. The van der Waals surface area contributed by atoms with Crippen molar-refractivity contribution in [2.24, 2.45) is 12.8 Å². The smallest absolute Gasteiger partial charge is 0.0480 e. The summed E-state index contributed by atoms with van der Waals surface area (Å²) in [5.41, 5.74) is 8.35. The Balaban J connectivity index is 2.22. The Morgan fingerprint density at radius 1 is 1.26 bits per heavy atom. The summed E-state index contributed by atoms with van der Waals surface area (Å²) >= 11 is 0. The molecular formula is C16H25N3. The standard InChI is InChI=1S/C16H25N3/c1-16(2,12-18-10-6-9-17)14-11-19(3)15-8-5-4-7-13(14)15/h4-5,7-8,11,18H,6,9-10,12,17H2,1-3H3. The Bertz CT molecular complexity index is 540. The molecule has 0 bridgehead atoms. The Labute approximate surface area is 115 Å². The van der Waals surface area contributed by atoms with Crippen molar-refractivity contribution >= 4 is 10.9 Å². The van der Waals surface area contributed by atoms with Gasteiger partial charge in [0, 0.05) is 36.1 Å². The van der Waals surface area contributed by atoms with E-state index in [1.807, 2.05) is 0 Å². The monoisotopic (exact) mass is 259 g/mol. The molecule has 0 radical (unpaired) electrons. The van der Waals surface area contributed by atoms with E-state index in [0.29, 0.717) is 0 Å². The molecule has 0 spiro atoms. The highest BCUT2D eigenvalue weighted by atomic mass is 14.9. The van der Waals surface area contributed by atoms with Crippen molar-refractivity contribution in [3.63, 3.8) is 0 Å². The number of hydrogen-bond donors (Lipinski definition) is 2. The highest BCUT2D eigenvalue weighted by Crippen LogP contribution is 2.31. The van der Waals surface area contributed by atoms with Crippen LogP contribution in [0.25, 0.3) is 10.9 Å². The molecule has 0 aliphatic rings. The summed E-state index contributed by atoms with van der Waals surface area (Å²) in [6, 6.07) is 8.60. The fourth-order valence-electron chi connectivity index (χ4n) is 2.60. The van der Waals surface area contributed by atoms with Crippen LogP contribution in [0.1, 0.15) is 25.8 Å². The number of nitrogens with two attached hydrogens (primary N) is 1. The predicted molar refractivity (Wildman–Crippen MR) is 82.5 cm³/mol. The van der Waals surface area contributed by atoms with Crippen LogP contribution in [0, 0.1) is 0 Å². The number of para-hydroxylation sites is 1. The topological polar surface area (TPSA) is 43.0 Å². The Morgan fingerprint density at radius 3 is 2.74 bits per heavy atom. The minimum Gasteiger partial charge on any atom is -0.350 e. The maximum Gasteiger partial charge on any atom is 0.0480 e. The van der Waals surface area contributed by atoms with Gasteiger partial charge in [-0.3, -0.25) is 0 Å². The van der Waals surface area contributed by atoms with Crippen LogP contribution in [0.2, 0.25) is 0 Å². The molecule has 104 valence electrons. The highest BCUT2D eigenvalue weighted by molar-refractivity contribution is 5.85. The van der Waals surface area contributed by atoms with E-state index >= 15 is 0 Å². The maximum atomic E-state index is 5.52. The zero-order valence-electron chi connectivity index (χ0n) is 12.2. The van der Waals surface area contributed by atoms with Crippen molar-refractivity contribution in [3.8, 4) is 0 Å². The molecule has 3 N–H and O–H groups in total. The quantitative estimate of drug-likeness (QED) is 0.782. The van der Waals surface area contributed by atoms with Gasteiger partial charge in [-0.15, -0.1) is 0 Å². The Hall–Kier alpha value is -1.32. The zero-order chi connectivity index (χ0) is 13.9. The van der Waals surface area contributed by atoms with Crippen molar-refractivity contribution in [3.05, 3.63) is 36.0 Å². The lowest BCUT2D eigenvalue weighted by atomic mass is 9.84. The molecule has 3 heteroatoms. The van der Waals surface area contributed by atoms with Crippen LogP contribution in [0.15, 0.2) is 30.5 Å². The van der Waals surface area contributed by atoms with E-state index in [0.717, 1.165) is 26.1 Å². The van der Waals surface area contributed by atoms with E-state index in [9.17, 15) is 0 Å². The Kier molecular flexibility index (Phi) is 4.27. The van der Waals surface area contributed by atoms with Crippen LogP contribution in [-0.2, 0) is 12.5 Å². The molecule has 0 fully saturated rings. The molecule has 0 unspecified atom stereocenters. The lowest BCUT2D eigenvalue weighted by Gasteiger charge is -2.25. The van der Waals surface area contributed by atoms with Gasteiger partial charge in [0.2, 0.25) is 0 Å². The normalized spacial score (nSPS) is 12.2. The molecule has 0 amide bonds. The Morgan fingerprint density at radius 2 is 2.00 bits per heavy atom. The first-order chi connectivity index (χ1) is 9.06. The molecule has 2 rings (SSSR count). The number of aryl methyl sites for hydroxylation is 1. The van der Waals surface area contributed by atoms with Gasteiger partial charge in [-0.05, 0) is 31.1 Å². The van der Waals surface area contributed by atoms with Crippen molar-refractivity contribution in [1.82, 2.24) is 9.88 Å². The summed E-state index contributed by atoms with van der Waals surface area (Å²) in [5, 5.41) is 4.87. The van der Waals surface area contributed by atoms with Gasteiger partial charge in [-0.2, -0.15) is 0 Å². The number of nitrogens with zero attached hydrogens (tertiary/aromatic N) is 1. The van der Waals surface area contributed by atoms with Crippen molar-refractivity contribution < 1.29 is 0 Å². The first-order valence-electron chi connectivity index (χ1n) is 7.01. The summed E-state index contributed by atoms with van der Waals surface area (Å²) in [6.07, 6.45) is 3.29. The second-order valence-corrected chi connectivity index (χ2v) is 5.87. The fourth-order valence-corrected chi connectivity index (χ4v) is 2.60. The molecule has 0 aliphatic carbocycles. The molecule has 2 aromatic rings. The number of rotatable bonds is 6. The van der Waals surface area contributed by atoms with Crippen molar-refractivity contribution in [2.45, 2.75) is 25.7 Å². The van der Waals surface area contributed by atoms with Crippen molar-refractivity contribution in [2.75, 3.05) is 19.6 Å². The van der Waals surface area contributed by atoms with Crippen LogP contribution >= 0.6 is 0 Å². The second-order valence-electron chi connectivity index (χ2n) is 5.87. The molecule has 0 atom stereocenters. The SMILES string of the molecule is Cn1cc(C(C)(C)CNCCCN)c2ccccc21. The highest BCUT2D eigenvalue weighted by Gasteiger charge is 2.24. The summed E-state index contributed by atoms with van der Waals surface area (Å²) in [5.74, 6) is 0. The summed E-state index contributed by atoms with van der Waals surface area (Å²) in [4.78, 5) is 0. The molecule has 0 saturated carbocycles. The third-order valence-electron chi connectivity index (χ3n) is 3.75. The first kappa shape index (κ1) is 14.1. The maximum absolute atomic E-state index is 5.52. The van der Waals surface area contributed by atoms with Gasteiger partial charge >= 0.3 is 0 Å². The second kappa shape index (κ2) is 5.76. The van der Waals surface area contributed by atoms with E-state index in [4.69, 9.17) is 5.73 Å². The summed E-state index contributed by atoms with van der Waals surface area (Å²) in [6.45, 7) is 7.31. The lowest BCUT2D eigenvalue weighted by Crippen LogP contribution is -2.34. The molecule has 19 heavy (non-hydrogen) atoms. The summed E-state index contributed by atoms with van der Waals surface area (Å²) in [7, 11) is 2.11. The van der Waals surface area contributed by atoms with Crippen LogP contribution in [0.3, 0.4) is 0 Å². The van der Waals surface area contributed by atoms with E-state index in [1.165, 1.54) is 16.5 Å². The molecular weight excluding hydrogens is 234 g/mol. The average molecular weight is 259 g/mol. The molecule has 0 saturated heterocycles. The summed E-state index contributed by atoms with van der Waals surface area (Å²) < 4.78 is 2.21. The molecule has 1 heterocycles. The van der Waals surface area contributed by atoms with Gasteiger partial charge in [0.25, 0.3) is 0 Å². The van der Waals surface area contributed by atoms with Gasteiger partial charge in [0.1, 0.15) is 0 Å². The van der Waals surface area contributed by atoms with Crippen molar-refractivity contribution in [1.29, 1.82) is 0 Å². The largest absolute Gasteiger partial charge is 0.350 e. The van der Waals surface area contributed by atoms with Gasteiger partial charge < -0.3 is 15.6 Å². The van der Waals surface area contributed by atoms with Crippen LogP contribution in [-0.4, -0.2) is 24.2 Å². The van der Waals surface area contributed by atoms with Gasteiger partial charge in [-0.1, -0.05) is 32.0 Å².